The predicted molar refractivity (Wildman–Crippen MR) is 73.7 cm³/mol. The summed E-state index contributed by atoms with van der Waals surface area (Å²) in [5.41, 5.74) is 1.11. The first kappa shape index (κ1) is 14.3. The van der Waals surface area contributed by atoms with Gasteiger partial charge in [-0.25, -0.2) is 4.79 Å². The fraction of sp³-hybridized carbons (Fsp3) is 0.462. The summed E-state index contributed by atoms with van der Waals surface area (Å²) >= 11 is 0. The number of nitro groups is 1. The first-order valence-electron chi connectivity index (χ1n) is 6.46. The molecule has 0 aromatic heterocycles. The molecule has 1 aliphatic rings. The van der Waals surface area contributed by atoms with Gasteiger partial charge in [0, 0.05) is 25.2 Å². The zero-order chi connectivity index (χ0) is 14.7. The molecular weight excluding hydrogens is 262 g/mol. The summed E-state index contributed by atoms with van der Waals surface area (Å²) in [5.74, 6) is 0. The minimum Gasteiger partial charge on any atom is -0.391 e. The Bertz CT molecular complexity index is 532. The SMILES string of the molecule is Cc1ccc([N+](=O)[O-])cc1NC(=O)N1CCCC(O)C1. The van der Waals surface area contributed by atoms with E-state index in [1.54, 1.807) is 13.0 Å². The monoisotopic (exact) mass is 279 g/mol. The molecule has 7 nitrogen and oxygen atoms in total. The quantitative estimate of drug-likeness (QED) is 0.638. The number of nitrogens with one attached hydrogen (secondary N) is 1. The van der Waals surface area contributed by atoms with Crippen LogP contribution in [0.15, 0.2) is 18.2 Å². The van der Waals surface area contributed by atoms with E-state index in [1.807, 2.05) is 0 Å². The van der Waals surface area contributed by atoms with Crippen molar-refractivity contribution in [2.45, 2.75) is 25.9 Å². The number of rotatable bonds is 2. The number of hydrogen-bond donors (Lipinski definition) is 2. The summed E-state index contributed by atoms with van der Waals surface area (Å²) in [7, 11) is 0. The van der Waals surface area contributed by atoms with Crippen LogP contribution in [0.1, 0.15) is 18.4 Å². The molecule has 0 aliphatic carbocycles. The van der Waals surface area contributed by atoms with Crippen LogP contribution in [0.4, 0.5) is 16.2 Å². The molecule has 108 valence electrons. The van der Waals surface area contributed by atoms with Crippen LogP contribution in [0, 0.1) is 17.0 Å². The fourth-order valence-electron chi connectivity index (χ4n) is 2.19. The molecule has 1 aromatic rings. The number of benzene rings is 1. The van der Waals surface area contributed by atoms with Crippen molar-refractivity contribution in [3.05, 3.63) is 33.9 Å². The average molecular weight is 279 g/mol. The van der Waals surface area contributed by atoms with Crippen LogP contribution in [-0.2, 0) is 0 Å². The van der Waals surface area contributed by atoms with E-state index in [0.29, 0.717) is 25.2 Å². The van der Waals surface area contributed by atoms with Gasteiger partial charge in [0.05, 0.1) is 16.7 Å². The van der Waals surface area contributed by atoms with E-state index in [9.17, 15) is 20.0 Å². The molecule has 1 heterocycles. The van der Waals surface area contributed by atoms with Crippen molar-refractivity contribution in [3.63, 3.8) is 0 Å². The number of amides is 2. The topological polar surface area (TPSA) is 95.7 Å². The molecule has 7 heteroatoms. The van der Waals surface area contributed by atoms with Crippen LogP contribution in [-0.4, -0.2) is 40.2 Å². The van der Waals surface area contributed by atoms with Gasteiger partial charge < -0.3 is 15.3 Å². The second-order valence-electron chi connectivity index (χ2n) is 4.93. The van der Waals surface area contributed by atoms with Crippen molar-refractivity contribution < 1.29 is 14.8 Å². The molecule has 1 aromatic carbocycles. The van der Waals surface area contributed by atoms with Gasteiger partial charge in [0.15, 0.2) is 0 Å². The molecule has 1 aliphatic heterocycles. The van der Waals surface area contributed by atoms with Gasteiger partial charge in [-0.2, -0.15) is 0 Å². The first-order valence-corrected chi connectivity index (χ1v) is 6.46. The van der Waals surface area contributed by atoms with Crippen LogP contribution >= 0.6 is 0 Å². The number of likely N-dealkylation sites (tertiary alicyclic amines) is 1. The summed E-state index contributed by atoms with van der Waals surface area (Å²) in [6, 6.07) is 3.99. The smallest absolute Gasteiger partial charge is 0.321 e. The minimum absolute atomic E-state index is 0.0652. The van der Waals surface area contributed by atoms with Gasteiger partial charge in [-0.15, -0.1) is 0 Å². The maximum atomic E-state index is 12.1. The highest BCUT2D eigenvalue weighted by Crippen LogP contribution is 2.22. The Labute approximate surface area is 116 Å². The number of carbonyl (C=O) groups is 1. The number of urea groups is 1. The third-order valence-electron chi connectivity index (χ3n) is 3.36. The molecule has 2 N–H and O–H groups in total. The Morgan fingerprint density at radius 1 is 1.55 bits per heavy atom. The number of hydrogen-bond acceptors (Lipinski definition) is 4. The lowest BCUT2D eigenvalue weighted by atomic mass is 10.1. The lowest BCUT2D eigenvalue weighted by Crippen LogP contribution is -2.44. The number of nitrogens with zero attached hydrogens (tertiary/aromatic N) is 2. The second-order valence-corrected chi connectivity index (χ2v) is 4.93. The van der Waals surface area contributed by atoms with Crippen molar-refractivity contribution in [1.82, 2.24) is 4.90 Å². The summed E-state index contributed by atoms with van der Waals surface area (Å²) in [6.07, 6.45) is 0.947. The van der Waals surface area contributed by atoms with E-state index in [4.69, 9.17) is 0 Å². The molecule has 1 unspecified atom stereocenters. The van der Waals surface area contributed by atoms with E-state index in [-0.39, 0.29) is 11.7 Å². The van der Waals surface area contributed by atoms with Crippen molar-refractivity contribution in [3.8, 4) is 0 Å². The normalized spacial score (nSPS) is 18.7. The number of nitro benzene ring substituents is 1. The van der Waals surface area contributed by atoms with Crippen LogP contribution in [0.25, 0.3) is 0 Å². The third-order valence-corrected chi connectivity index (χ3v) is 3.36. The van der Waals surface area contributed by atoms with E-state index in [1.165, 1.54) is 17.0 Å². The third kappa shape index (κ3) is 3.24. The van der Waals surface area contributed by atoms with E-state index < -0.39 is 11.0 Å². The van der Waals surface area contributed by atoms with Gasteiger partial charge >= 0.3 is 6.03 Å². The zero-order valence-electron chi connectivity index (χ0n) is 11.2. The molecule has 20 heavy (non-hydrogen) atoms. The summed E-state index contributed by atoms with van der Waals surface area (Å²) in [5, 5.41) is 23.0. The van der Waals surface area contributed by atoms with Crippen molar-refractivity contribution in [1.29, 1.82) is 0 Å². The van der Waals surface area contributed by atoms with Gasteiger partial charge in [0.25, 0.3) is 5.69 Å². The number of aliphatic hydroxyl groups excluding tert-OH is 1. The van der Waals surface area contributed by atoms with Crippen molar-refractivity contribution in [2.75, 3.05) is 18.4 Å². The van der Waals surface area contributed by atoms with Gasteiger partial charge in [0.2, 0.25) is 0 Å². The molecule has 2 amide bonds. The number of aryl methyl sites for hydroxylation is 1. The molecule has 1 saturated heterocycles. The van der Waals surface area contributed by atoms with Crippen LogP contribution < -0.4 is 5.32 Å². The van der Waals surface area contributed by atoms with E-state index >= 15 is 0 Å². The summed E-state index contributed by atoms with van der Waals surface area (Å²) < 4.78 is 0. The maximum absolute atomic E-state index is 12.1. The first-order chi connectivity index (χ1) is 9.47. The lowest BCUT2D eigenvalue weighted by Gasteiger charge is -2.30. The Kier molecular flexibility index (Phi) is 4.19. The minimum atomic E-state index is -0.500. The highest BCUT2D eigenvalue weighted by Gasteiger charge is 2.22. The number of piperidine rings is 1. The average Bonchev–Trinajstić information content (AvgIpc) is 2.41. The highest BCUT2D eigenvalue weighted by atomic mass is 16.6. The van der Waals surface area contributed by atoms with E-state index in [0.717, 1.165) is 12.0 Å². The van der Waals surface area contributed by atoms with Crippen molar-refractivity contribution >= 4 is 17.4 Å². The lowest BCUT2D eigenvalue weighted by molar-refractivity contribution is -0.384. The number of aliphatic hydroxyl groups is 1. The summed E-state index contributed by atoms with van der Waals surface area (Å²) in [4.78, 5) is 23.8. The molecule has 0 radical (unpaired) electrons. The number of carbonyl (C=O) groups excluding carboxylic acids is 1. The maximum Gasteiger partial charge on any atom is 0.321 e. The zero-order valence-corrected chi connectivity index (χ0v) is 11.2. The Morgan fingerprint density at radius 3 is 2.95 bits per heavy atom. The molecule has 1 atom stereocenters. The van der Waals surface area contributed by atoms with Gasteiger partial charge in [0.1, 0.15) is 0 Å². The number of anilines is 1. The fourth-order valence-corrected chi connectivity index (χ4v) is 2.19. The second kappa shape index (κ2) is 5.87. The van der Waals surface area contributed by atoms with E-state index in [2.05, 4.69) is 5.32 Å². The van der Waals surface area contributed by atoms with Gasteiger partial charge in [-0.1, -0.05) is 6.07 Å². The Hall–Kier alpha value is -2.15. The Balaban J connectivity index is 2.10. The van der Waals surface area contributed by atoms with Gasteiger partial charge in [-0.3, -0.25) is 10.1 Å². The molecular formula is C13H17N3O4. The van der Waals surface area contributed by atoms with Crippen LogP contribution in [0.5, 0.6) is 0 Å². The highest BCUT2D eigenvalue weighted by molar-refractivity contribution is 5.90. The Morgan fingerprint density at radius 2 is 2.30 bits per heavy atom. The van der Waals surface area contributed by atoms with Crippen molar-refractivity contribution in [2.24, 2.45) is 0 Å². The summed E-state index contributed by atoms with van der Waals surface area (Å²) in [6.45, 7) is 2.64. The molecule has 1 fully saturated rings. The van der Waals surface area contributed by atoms with Crippen LogP contribution in [0.3, 0.4) is 0 Å². The molecule has 2 rings (SSSR count). The standard InChI is InChI=1S/C13H17N3O4/c1-9-4-5-10(16(19)20)7-12(9)14-13(18)15-6-2-3-11(17)8-15/h4-5,7,11,17H,2-3,6,8H2,1H3,(H,14,18). The number of β-amino-alcohol motifs (C(OH)–C–C–N with tert-alkyl or cyclic N) is 1. The molecule has 0 spiro atoms. The van der Waals surface area contributed by atoms with Gasteiger partial charge in [-0.05, 0) is 25.3 Å². The number of non-ortho nitro benzene ring substituents is 1. The molecule has 0 saturated carbocycles. The largest absolute Gasteiger partial charge is 0.391 e. The predicted octanol–water partition coefficient (Wildman–Crippen LogP) is 1.89. The molecule has 0 bridgehead atoms. The van der Waals surface area contributed by atoms with Crippen LogP contribution in [0.2, 0.25) is 0 Å².